The Kier molecular flexibility index (Phi) is 6.81. The topological polar surface area (TPSA) is 64.6 Å². The van der Waals surface area contributed by atoms with Crippen LogP contribution in [0.3, 0.4) is 0 Å². The van der Waals surface area contributed by atoms with Crippen LogP contribution in [0.1, 0.15) is 27.2 Å². The molecule has 0 saturated carbocycles. The number of carbonyl (C=O) groups is 2. The van der Waals surface area contributed by atoms with Crippen molar-refractivity contribution in [1.82, 2.24) is 5.32 Å². The molecular formula is C18H21NO4S. The molecule has 1 amide bonds. The number of carbonyl (C=O) groups excluding carboxylic acids is 2. The molecule has 24 heavy (non-hydrogen) atoms. The molecule has 6 heteroatoms. The fourth-order valence-electron chi connectivity index (χ4n) is 2.00. The number of aryl methyl sites for hydroxylation is 2. The van der Waals surface area contributed by atoms with Crippen molar-refractivity contribution >= 4 is 23.2 Å². The smallest absolute Gasteiger partial charge is 0.344 e. The fourth-order valence-corrected chi connectivity index (χ4v) is 2.64. The van der Waals surface area contributed by atoms with E-state index < -0.39 is 5.97 Å². The van der Waals surface area contributed by atoms with Crippen LogP contribution in [0.5, 0.6) is 5.75 Å². The standard InChI is InChI=1S/C18H21NO4S/c1-13-6-7-14(2)15(11-13)23-12-17(20)22-9-4-8-19-18(21)16-5-3-10-24-16/h3,5-7,10-11H,4,8-9,12H2,1-2H3,(H,19,21). The van der Waals surface area contributed by atoms with Gasteiger partial charge in [-0.05, 0) is 48.9 Å². The second-order valence-corrected chi connectivity index (χ2v) is 6.31. The van der Waals surface area contributed by atoms with Gasteiger partial charge < -0.3 is 14.8 Å². The lowest BCUT2D eigenvalue weighted by Gasteiger charge is -2.10. The number of ether oxygens (including phenoxy) is 2. The maximum atomic E-state index is 11.7. The Bertz CT molecular complexity index is 682. The Balaban J connectivity index is 1.60. The average molecular weight is 347 g/mol. The minimum absolute atomic E-state index is 0.102. The molecule has 0 saturated heterocycles. The van der Waals surface area contributed by atoms with E-state index in [0.717, 1.165) is 11.1 Å². The van der Waals surface area contributed by atoms with E-state index in [4.69, 9.17) is 9.47 Å². The van der Waals surface area contributed by atoms with Gasteiger partial charge in [-0.15, -0.1) is 11.3 Å². The first-order valence-electron chi connectivity index (χ1n) is 7.73. The number of hydrogen-bond donors (Lipinski definition) is 1. The zero-order chi connectivity index (χ0) is 17.4. The number of rotatable bonds is 8. The zero-order valence-corrected chi connectivity index (χ0v) is 14.7. The summed E-state index contributed by atoms with van der Waals surface area (Å²) in [5.41, 5.74) is 2.05. The Morgan fingerprint density at radius 1 is 1.21 bits per heavy atom. The van der Waals surface area contributed by atoms with Crippen LogP contribution in [0.2, 0.25) is 0 Å². The summed E-state index contributed by atoms with van der Waals surface area (Å²) in [6.07, 6.45) is 0.562. The summed E-state index contributed by atoms with van der Waals surface area (Å²) in [7, 11) is 0. The molecule has 0 bridgehead atoms. The molecule has 0 fully saturated rings. The number of esters is 1. The minimum atomic E-state index is -0.416. The summed E-state index contributed by atoms with van der Waals surface area (Å²) in [5, 5.41) is 4.63. The number of thiophene rings is 1. The lowest BCUT2D eigenvalue weighted by molar-refractivity contribution is -0.146. The Morgan fingerprint density at radius 3 is 2.79 bits per heavy atom. The van der Waals surface area contributed by atoms with Gasteiger partial charge in [-0.1, -0.05) is 18.2 Å². The third kappa shape index (κ3) is 5.70. The molecular weight excluding hydrogens is 326 g/mol. The maximum Gasteiger partial charge on any atom is 0.344 e. The summed E-state index contributed by atoms with van der Waals surface area (Å²) in [6.45, 7) is 4.49. The number of hydrogen-bond acceptors (Lipinski definition) is 5. The van der Waals surface area contributed by atoms with Crippen LogP contribution in [0.15, 0.2) is 35.7 Å². The van der Waals surface area contributed by atoms with E-state index >= 15 is 0 Å². The van der Waals surface area contributed by atoms with E-state index in [1.54, 1.807) is 6.07 Å². The van der Waals surface area contributed by atoms with Crippen LogP contribution in [0.4, 0.5) is 0 Å². The highest BCUT2D eigenvalue weighted by Gasteiger charge is 2.08. The van der Waals surface area contributed by atoms with E-state index in [1.165, 1.54) is 11.3 Å². The first kappa shape index (κ1) is 18.0. The second kappa shape index (κ2) is 9.08. The Hall–Kier alpha value is -2.34. The lowest BCUT2D eigenvalue weighted by atomic mass is 10.1. The van der Waals surface area contributed by atoms with Crippen molar-refractivity contribution in [1.29, 1.82) is 0 Å². The normalized spacial score (nSPS) is 10.2. The maximum absolute atomic E-state index is 11.7. The first-order chi connectivity index (χ1) is 11.6. The van der Waals surface area contributed by atoms with E-state index in [0.29, 0.717) is 23.6 Å². The molecule has 128 valence electrons. The molecule has 1 aromatic heterocycles. The second-order valence-electron chi connectivity index (χ2n) is 5.36. The van der Waals surface area contributed by atoms with Crippen molar-refractivity contribution in [2.45, 2.75) is 20.3 Å². The quantitative estimate of drug-likeness (QED) is 0.589. The molecule has 0 radical (unpaired) electrons. The van der Waals surface area contributed by atoms with Gasteiger partial charge in [-0.3, -0.25) is 4.79 Å². The highest BCUT2D eigenvalue weighted by atomic mass is 32.1. The molecule has 0 atom stereocenters. The molecule has 0 aliphatic rings. The van der Waals surface area contributed by atoms with E-state index in [-0.39, 0.29) is 19.1 Å². The number of benzene rings is 1. The number of nitrogens with one attached hydrogen (secondary N) is 1. The van der Waals surface area contributed by atoms with Crippen LogP contribution in [-0.2, 0) is 9.53 Å². The molecule has 1 aromatic carbocycles. The molecule has 0 aliphatic heterocycles. The van der Waals surface area contributed by atoms with Gasteiger partial charge in [0.2, 0.25) is 0 Å². The van der Waals surface area contributed by atoms with Crippen LogP contribution in [0, 0.1) is 13.8 Å². The van der Waals surface area contributed by atoms with E-state index in [9.17, 15) is 9.59 Å². The molecule has 0 aliphatic carbocycles. The molecule has 1 heterocycles. The highest BCUT2D eigenvalue weighted by Crippen LogP contribution is 2.18. The predicted octanol–water partition coefficient (Wildman–Crippen LogP) is 3.11. The van der Waals surface area contributed by atoms with Crippen molar-refractivity contribution in [3.63, 3.8) is 0 Å². The Morgan fingerprint density at radius 2 is 2.04 bits per heavy atom. The van der Waals surface area contributed by atoms with Gasteiger partial charge in [-0.2, -0.15) is 0 Å². The minimum Gasteiger partial charge on any atom is -0.482 e. The zero-order valence-electron chi connectivity index (χ0n) is 13.8. The lowest BCUT2D eigenvalue weighted by Crippen LogP contribution is -2.25. The number of amides is 1. The molecule has 2 rings (SSSR count). The third-order valence-corrected chi connectivity index (χ3v) is 4.17. The van der Waals surface area contributed by atoms with Gasteiger partial charge >= 0.3 is 5.97 Å². The fraction of sp³-hybridized carbons (Fsp3) is 0.333. The summed E-state index contributed by atoms with van der Waals surface area (Å²) < 4.78 is 10.6. The van der Waals surface area contributed by atoms with Gasteiger partial charge in [-0.25, -0.2) is 4.79 Å². The van der Waals surface area contributed by atoms with Gasteiger partial charge in [0.05, 0.1) is 11.5 Å². The van der Waals surface area contributed by atoms with Gasteiger partial charge in [0, 0.05) is 6.54 Å². The van der Waals surface area contributed by atoms with Crippen molar-refractivity contribution in [3.05, 3.63) is 51.7 Å². The van der Waals surface area contributed by atoms with Crippen LogP contribution >= 0.6 is 11.3 Å². The predicted molar refractivity (Wildman–Crippen MR) is 93.6 cm³/mol. The molecule has 1 N–H and O–H groups in total. The van der Waals surface area contributed by atoms with Crippen LogP contribution in [-0.4, -0.2) is 31.6 Å². The van der Waals surface area contributed by atoms with E-state index in [1.807, 2.05) is 43.5 Å². The van der Waals surface area contributed by atoms with Crippen molar-refractivity contribution in [3.8, 4) is 5.75 Å². The van der Waals surface area contributed by atoms with Gasteiger partial charge in [0.25, 0.3) is 5.91 Å². The molecule has 0 unspecified atom stereocenters. The Labute approximate surface area is 145 Å². The van der Waals surface area contributed by atoms with Crippen LogP contribution < -0.4 is 10.1 Å². The van der Waals surface area contributed by atoms with Gasteiger partial charge in [0.1, 0.15) is 5.75 Å². The summed E-state index contributed by atoms with van der Waals surface area (Å²) in [6, 6.07) is 9.43. The van der Waals surface area contributed by atoms with Crippen molar-refractivity contribution in [2.24, 2.45) is 0 Å². The van der Waals surface area contributed by atoms with Gasteiger partial charge in [0.15, 0.2) is 6.61 Å². The average Bonchev–Trinajstić information content (AvgIpc) is 3.10. The largest absolute Gasteiger partial charge is 0.482 e. The summed E-state index contributed by atoms with van der Waals surface area (Å²) >= 11 is 1.39. The summed E-state index contributed by atoms with van der Waals surface area (Å²) in [4.78, 5) is 24.0. The first-order valence-corrected chi connectivity index (χ1v) is 8.61. The molecule has 2 aromatic rings. The monoisotopic (exact) mass is 347 g/mol. The highest BCUT2D eigenvalue weighted by molar-refractivity contribution is 7.12. The molecule has 0 spiro atoms. The van der Waals surface area contributed by atoms with E-state index in [2.05, 4.69) is 5.32 Å². The SMILES string of the molecule is Cc1ccc(C)c(OCC(=O)OCCCNC(=O)c2cccs2)c1. The third-order valence-electron chi connectivity index (χ3n) is 3.30. The summed E-state index contributed by atoms with van der Waals surface area (Å²) in [5.74, 6) is 0.172. The van der Waals surface area contributed by atoms with Crippen LogP contribution in [0.25, 0.3) is 0 Å². The van der Waals surface area contributed by atoms with Crippen molar-refractivity contribution in [2.75, 3.05) is 19.8 Å². The van der Waals surface area contributed by atoms with Crippen molar-refractivity contribution < 1.29 is 19.1 Å². The molecule has 5 nitrogen and oxygen atoms in total.